The van der Waals surface area contributed by atoms with Gasteiger partial charge in [0.15, 0.2) is 11.7 Å². The molecule has 0 saturated heterocycles. The second-order valence-electron chi connectivity index (χ2n) is 6.52. The fraction of sp³-hybridized carbons (Fsp3) is 0.0909. The van der Waals surface area contributed by atoms with Crippen molar-refractivity contribution in [3.63, 3.8) is 0 Å². The summed E-state index contributed by atoms with van der Waals surface area (Å²) >= 11 is 0. The molecular formula is C22H23N4O5P. The van der Waals surface area contributed by atoms with Gasteiger partial charge in [0.2, 0.25) is 0 Å². The molecule has 9 nitrogen and oxygen atoms in total. The van der Waals surface area contributed by atoms with Crippen LogP contribution in [-0.2, 0) is 9.30 Å². The van der Waals surface area contributed by atoms with Gasteiger partial charge in [0.05, 0.1) is 12.8 Å². The molecule has 3 aromatic rings. The summed E-state index contributed by atoms with van der Waals surface area (Å²) in [6, 6.07) is 23.5. The predicted octanol–water partition coefficient (Wildman–Crippen LogP) is 4.30. The first-order valence-electron chi connectivity index (χ1n) is 9.53. The van der Waals surface area contributed by atoms with Gasteiger partial charge in [-0.15, -0.1) is 0 Å². The molecular weight excluding hydrogens is 431 g/mol. The van der Waals surface area contributed by atoms with Crippen LogP contribution < -0.4 is 25.8 Å². The number of nitrogens with zero attached hydrogens (tertiary/aromatic N) is 1. The van der Waals surface area contributed by atoms with Gasteiger partial charge in [-0.3, -0.25) is 0 Å². The summed E-state index contributed by atoms with van der Waals surface area (Å²) in [4.78, 5) is 16.1. The number of benzene rings is 3. The lowest BCUT2D eigenvalue weighted by atomic mass is 10.2. The smallest absolute Gasteiger partial charge is 0.453 e. The highest BCUT2D eigenvalue weighted by atomic mass is 31.2. The van der Waals surface area contributed by atoms with Gasteiger partial charge in [-0.25, -0.2) is 14.4 Å². The number of aliphatic imine (C=N–C) groups is 1. The van der Waals surface area contributed by atoms with Crippen LogP contribution in [-0.4, -0.2) is 19.2 Å². The molecule has 166 valence electrons. The second-order valence-corrected chi connectivity index (χ2v) is 8.48. The summed E-state index contributed by atoms with van der Waals surface area (Å²) < 4.78 is 30.6. The number of alkyl carbamates (subject to hydrolysis) is 1. The van der Waals surface area contributed by atoms with E-state index in [9.17, 15) is 9.36 Å². The number of methoxy groups -OCH3 is 1. The summed E-state index contributed by atoms with van der Waals surface area (Å²) in [5.74, 6) is -0.697. The molecule has 0 aliphatic carbocycles. The number of amides is 1. The van der Waals surface area contributed by atoms with Crippen molar-refractivity contribution < 1.29 is 23.1 Å². The first-order chi connectivity index (χ1) is 15.4. The monoisotopic (exact) mass is 454 g/mol. The lowest BCUT2D eigenvalue weighted by Gasteiger charge is -2.28. The third-order valence-corrected chi connectivity index (χ3v) is 6.17. The van der Waals surface area contributed by atoms with Crippen LogP contribution in [0.25, 0.3) is 0 Å². The Kier molecular flexibility index (Phi) is 7.36. The number of carbonyl (C=O) groups is 1. The lowest BCUT2D eigenvalue weighted by molar-refractivity contribution is 0.168. The Morgan fingerprint density at radius 1 is 0.875 bits per heavy atom. The third-order valence-electron chi connectivity index (χ3n) is 4.17. The molecule has 3 rings (SSSR count). The molecule has 0 aliphatic heterocycles. The van der Waals surface area contributed by atoms with E-state index in [1.54, 1.807) is 84.9 Å². The van der Waals surface area contributed by atoms with Crippen molar-refractivity contribution in [2.24, 2.45) is 16.5 Å². The van der Waals surface area contributed by atoms with Crippen LogP contribution in [0.3, 0.4) is 0 Å². The van der Waals surface area contributed by atoms with Crippen molar-refractivity contribution in [3.05, 3.63) is 90.5 Å². The SMILES string of the molecule is COC(=O)NC(c1ccc(N=C(N)N)cc1)P(=O)(Oc1ccccc1)Oc1ccccc1. The maximum Gasteiger partial charge on any atom is 0.457 e. The molecule has 0 bridgehead atoms. The summed E-state index contributed by atoms with van der Waals surface area (Å²) in [5.41, 5.74) is 11.7. The molecule has 3 aromatic carbocycles. The lowest BCUT2D eigenvalue weighted by Crippen LogP contribution is -2.31. The minimum Gasteiger partial charge on any atom is -0.453 e. The van der Waals surface area contributed by atoms with E-state index in [4.69, 9.17) is 25.3 Å². The summed E-state index contributed by atoms with van der Waals surface area (Å²) in [5, 5.41) is 2.56. The van der Waals surface area contributed by atoms with Gasteiger partial charge in [0.25, 0.3) is 0 Å². The van der Waals surface area contributed by atoms with Crippen molar-refractivity contribution >= 4 is 25.3 Å². The van der Waals surface area contributed by atoms with Gasteiger partial charge in [0.1, 0.15) is 11.5 Å². The largest absolute Gasteiger partial charge is 0.457 e. The van der Waals surface area contributed by atoms with Crippen LogP contribution in [0.2, 0.25) is 0 Å². The number of hydrogen-bond donors (Lipinski definition) is 3. The molecule has 32 heavy (non-hydrogen) atoms. The first-order valence-corrected chi connectivity index (χ1v) is 11.1. The van der Waals surface area contributed by atoms with Crippen LogP contribution in [0.5, 0.6) is 11.5 Å². The Hall–Kier alpha value is -3.97. The Labute approximate surface area is 185 Å². The van der Waals surface area contributed by atoms with Crippen LogP contribution >= 0.6 is 7.60 Å². The Balaban J connectivity index is 2.06. The highest BCUT2D eigenvalue weighted by Gasteiger charge is 2.42. The van der Waals surface area contributed by atoms with E-state index < -0.39 is 19.5 Å². The molecule has 0 spiro atoms. The topological polar surface area (TPSA) is 138 Å². The molecule has 1 unspecified atom stereocenters. The van der Waals surface area contributed by atoms with Crippen LogP contribution in [0.15, 0.2) is 89.9 Å². The number of ether oxygens (including phenoxy) is 1. The molecule has 5 N–H and O–H groups in total. The van der Waals surface area contributed by atoms with E-state index >= 15 is 0 Å². The van der Waals surface area contributed by atoms with Gasteiger partial charge in [-0.2, -0.15) is 0 Å². The molecule has 0 heterocycles. The molecule has 0 fully saturated rings. The maximum absolute atomic E-state index is 14.2. The predicted molar refractivity (Wildman–Crippen MR) is 122 cm³/mol. The average Bonchev–Trinajstić information content (AvgIpc) is 2.79. The zero-order valence-corrected chi connectivity index (χ0v) is 18.1. The van der Waals surface area contributed by atoms with Gasteiger partial charge < -0.3 is 30.6 Å². The molecule has 0 aliphatic rings. The number of guanidine groups is 1. The minimum absolute atomic E-state index is 0.104. The standard InChI is InChI=1S/C22H23N4O5P/c1-29-22(27)26-20(16-12-14-17(15-13-16)25-21(23)24)32(28,30-18-8-4-2-5-9-18)31-19-10-6-3-7-11-19/h2-15,20H,1H3,(H,26,27)(H4,23,24,25). The first kappa shape index (κ1) is 22.7. The zero-order valence-electron chi connectivity index (χ0n) is 17.3. The van der Waals surface area contributed by atoms with Crippen molar-refractivity contribution in [3.8, 4) is 11.5 Å². The molecule has 0 saturated carbocycles. The normalized spacial score (nSPS) is 11.7. The average molecular weight is 454 g/mol. The highest BCUT2D eigenvalue weighted by Crippen LogP contribution is 2.59. The zero-order chi connectivity index (χ0) is 23.0. The molecule has 1 atom stereocenters. The van der Waals surface area contributed by atoms with E-state index in [1.807, 2.05) is 0 Å². The number of carbonyl (C=O) groups excluding carboxylic acids is 1. The van der Waals surface area contributed by atoms with Crippen LogP contribution in [0, 0.1) is 0 Å². The second kappa shape index (κ2) is 10.4. The summed E-state index contributed by atoms with van der Waals surface area (Å²) in [6.45, 7) is 0. The molecule has 10 heteroatoms. The van der Waals surface area contributed by atoms with Gasteiger partial charge in [0, 0.05) is 0 Å². The molecule has 0 aromatic heterocycles. The van der Waals surface area contributed by atoms with Crippen molar-refractivity contribution in [1.29, 1.82) is 0 Å². The minimum atomic E-state index is -4.10. The molecule has 0 radical (unpaired) electrons. The Bertz CT molecular complexity index is 1060. The fourth-order valence-electron chi connectivity index (χ4n) is 2.78. The van der Waals surface area contributed by atoms with Crippen molar-refractivity contribution in [1.82, 2.24) is 5.32 Å². The Morgan fingerprint density at radius 3 is 1.81 bits per heavy atom. The quantitative estimate of drug-likeness (QED) is 0.262. The number of para-hydroxylation sites is 2. The Morgan fingerprint density at radius 2 is 1.38 bits per heavy atom. The van der Waals surface area contributed by atoms with Crippen LogP contribution in [0.4, 0.5) is 10.5 Å². The third kappa shape index (κ3) is 6.02. The van der Waals surface area contributed by atoms with Gasteiger partial charge in [-0.1, -0.05) is 48.5 Å². The number of rotatable bonds is 8. The van der Waals surface area contributed by atoms with Crippen molar-refractivity contribution in [2.45, 2.75) is 5.78 Å². The fourth-order valence-corrected chi connectivity index (χ4v) is 4.66. The van der Waals surface area contributed by atoms with Crippen LogP contribution in [0.1, 0.15) is 11.3 Å². The van der Waals surface area contributed by atoms with E-state index in [-0.39, 0.29) is 5.96 Å². The number of nitrogens with one attached hydrogen (secondary N) is 1. The van der Waals surface area contributed by atoms with Gasteiger partial charge in [-0.05, 0) is 42.0 Å². The van der Waals surface area contributed by atoms with Gasteiger partial charge >= 0.3 is 13.7 Å². The van der Waals surface area contributed by atoms with E-state index in [0.717, 1.165) is 0 Å². The summed E-state index contributed by atoms with van der Waals surface area (Å²) in [6.07, 6.45) is -0.808. The number of hydrogen-bond acceptors (Lipinski definition) is 6. The number of nitrogens with two attached hydrogens (primary N) is 2. The summed E-state index contributed by atoms with van der Waals surface area (Å²) in [7, 11) is -2.90. The highest BCUT2D eigenvalue weighted by molar-refractivity contribution is 7.55. The van der Waals surface area contributed by atoms with E-state index in [1.165, 1.54) is 7.11 Å². The molecule has 1 amide bonds. The maximum atomic E-state index is 14.2. The van der Waals surface area contributed by atoms with Crippen molar-refractivity contribution in [2.75, 3.05) is 7.11 Å². The van der Waals surface area contributed by atoms with E-state index in [2.05, 4.69) is 10.3 Å². The van der Waals surface area contributed by atoms with E-state index in [0.29, 0.717) is 22.7 Å².